The number of ether oxygens (including phenoxy) is 1. The highest BCUT2D eigenvalue weighted by atomic mass is 16.5. The van der Waals surface area contributed by atoms with Gasteiger partial charge in [-0.1, -0.05) is 45.9 Å². The molecule has 1 aromatic rings. The van der Waals surface area contributed by atoms with E-state index in [0.29, 0.717) is 17.4 Å². The third kappa shape index (κ3) is 3.99. The van der Waals surface area contributed by atoms with E-state index in [2.05, 4.69) is 57.3 Å². The van der Waals surface area contributed by atoms with Gasteiger partial charge in [-0.25, -0.2) is 0 Å². The molecule has 2 heteroatoms. The summed E-state index contributed by atoms with van der Waals surface area (Å²) in [5.41, 5.74) is 1.69. The van der Waals surface area contributed by atoms with Crippen LogP contribution in [0.4, 0.5) is 0 Å². The quantitative estimate of drug-likeness (QED) is 0.811. The van der Waals surface area contributed by atoms with Gasteiger partial charge in [0.2, 0.25) is 0 Å². The van der Waals surface area contributed by atoms with Gasteiger partial charge in [0, 0.05) is 13.0 Å². The first-order valence-electron chi connectivity index (χ1n) is 7.98. The Hall–Kier alpha value is -1.02. The van der Waals surface area contributed by atoms with E-state index < -0.39 is 0 Å². The van der Waals surface area contributed by atoms with Crippen LogP contribution in [0.25, 0.3) is 0 Å². The minimum Gasteiger partial charge on any atom is -0.490 e. The Morgan fingerprint density at radius 3 is 2.75 bits per heavy atom. The van der Waals surface area contributed by atoms with Crippen molar-refractivity contribution in [2.75, 3.05) is 13.1 Å². The highest BCUT2D eigenvalue weighted by Crippen LogP contribution is 2.35. The Bertz CT molecular complexity index is 404. The van der Waals surface area contributed by atoms with Crippen LogP contribution in [0.5, 0.6) is 5.75 Å². The number of hydrogen-bond acceptors (Lipinski definition) is 2. The van der Waals surface area contributed by atoms with E-state index in [1.165, 1.54) is 12.0 Å². The summed E-state index contributed by atoms with van der Waals surface area (Å²) < 4.78 is 6.10. The summed E-state index contributed by atoms with van der Waals surface area (Å²) in [6.07, 6.45) is 3.73. The van der Waals surface area contributed by atoms with Gasteiger partial charge in [-0.2, -0.15) is 0 Å². The fraction of sp³-hybridized carbons (Fsp3) is 0.667. The molecule has 0 saturated heterocycles. The normalized spacial score (nSPS) is 20.6. The SMILES string of the molecule is CCC(C)(CNCC(C)C)CC1Cc2ccccc2O1. The average Bonchev–Trinajstić information content (AvgIpc) is 2.80. The van der Waals surface area contributed by atoms with Gasteiger partial charge < -0.3 is 10.1 Å². The fourth-order valence-corrected chi connectivity index (χ4v) is 2.92. The zero-order valence-electron chi connectivity index (χ0n) is 13.4. The molecule has 1 aliphatic rings. The number of hydrogen-bond donors (Lipinski definition) is 1. The lowest BCUT2D eigenvalue weighted by Gasteiger charge is -2.31. The second-order valence-corrected chi connectivity index (χ2v) is 6.94. The van der Waals surface area contributed by atoms with Gasteiger partial charge >= 0.3 is 0 Å². The molecule has 0 radical (unpaired) electrons. The summed E-state index contributed by atoms with van der Waals surface area (Å²) in [4.78, 5) is 0. The maximum atomic E-state index is 6.10. The average molecular weight is 275 g/mol. The van der Waals surface area contributed by atoms with Gasteiger partial charge in [0.1, 0.15) is 11.9 Å². The van der Waals surface area contributed by atoms with Gasteiger partial charge in [0.25, 0.3) is 0 Å². The van der Waals surface area contributed by atoms with Crippen molar-refractivity contribution in [3.8, 4) is 5.75 Å². The molecule has 2 nitrogen and oxygen atoms in total. The Morgan fingerprint density at radius 2 is 2.10 bits per heavy atom. The van der Waals surface area contributed by atoms with Crippen LogP contribution in [0, 0.1) is 11.3 Å². The lowest BCUT2D eigenvalue weighted by molar-refractivity contribution is 0.139. The zero-order chi connectivity index (χ0) is 14.6. The summed E-state index contributed by atoms with van der Waals surface area (Å²) in [7, 11) is 0. The van der Waals surface area contributed by atoms with Crippen LogP contribution in [-0.4, -0.2) is 19.2 Å². The number of para-hydroxylation sites is 1. The van der Waals surface area contributed by atoms with Crippen LogP contribution < -0.4 is 10.1 Å². The molecule has 0 bridgehead atoms. The van der Waals surface area contributed by atoms with Crippen molar-refractivity contribution >= 4 is 0 Å². The van der Waals surface area contributed by atoms with Gasteiger partial charge in [-0.05, 0) is 42.3 Å². The molecule has 2 unspecified atom stereocenters. The van der Waals surface area contributed by atoms with Gasteiger partial charge in [0.15, 0.2) is 0 Å². The fourth-order valence-electron chi connectivity index (χ4n) is 2.92. The molecule has 2 rings (SSSR count). The summed E-state index contributed by atoms with van der Waals surface area (Å²) in [5.74, 6) is 1.80. The molecule has 0 aromatic heterocycles. The summed E-state index contributed by atoms with van der Waals surface area (Å²) in [6, 6.07) is 8.45. The lowest BCUT2D eigenvalue weighted by atomic mass is 9.81. The van der Waals surface area contributed by atoms with Crippen LogP contribution in [0.3, 0.4) is 0 Å². The molecule has 112 valence electrons. The highest BCUT2D eigenvalue weighted by Gasteiger charge is 2.31. The van der Waals surface area contributed by atoms with Crippen LogP contribution in [0.1, 0.15) is 46.1 Å². The smallest absolute Gasteiger partial charge is 0.123 e. The zero-order valence-corrected chi connectivity index (χ0v) is 13.4. The van der Waals surface area contributed by atoms with Crippen molar-refractivity contribution in [2.45, 2.75) is 53.1 Å². The van der Waals surface area contributed by atoms with Crippen molar-refractivity contribution < 1.29 is 4.74 Å². The third-order valence-electron chi connectivity index (χ3n) is 4.39. The van der Waals surface area contributed by atoms with Crippen molar-refractivity contribution in [3.05, 3.63) is 29.8 Å². The number of benzene rings is 1. The minimum atomic E-state index is 0.321. The maximum absolute atomic E-state index is 6.10. The molecule has 1 aromatic carbocycles. The van der Waals surface area contributed by atoms with E-state index in [-0.39, 0.29) is 0 Å². The van der Waals surface area contributed by atoms with Crippen molar-refractivity contribution in [2.24, 2.45) is 11.3 Å². The molecule has 0 saturated carbocycles. The Balaban J connectivity index is 1.88. The molecule has 1 heterocycles. The molecule has 2 atom stereocenters. The van der Waals surface area contributed by atoms with Crippen molar-refractivity contribution in [1.82, 2.24) is 5.32 Å². The van der Waals surface area contributed by atoms with E-state index in [9.17, 15) is 0 Å². The second-order valence-electron chi connectivity index (χ2n) is 6.94. The Labute approximate surface area is 123 Å². The van der Waals surface area contributed by atoms with E-state index in [4.69, 9.17) is 4.74 Å². The largest absolute Gasteiger partial charge is 0.490 e. The third-order valence-corrected chi connectivity index (χ3v) is 4.39. The summed E-state index contributed by atoms with van der Waals surface area (Å²) in [6.45, 7) is 11.4. The lowest BCUT2D eigenvalue weighted by Crippen LogP contribution is -2.37. The number of nitrogens with one attached hydrogen (secondary N) is 1. The molecular weight excluding hydrogens is 246 g/mol. The summed E-state index contributed by atoms with van der Waals surface area (Å²) in [5, 5.41) is 3.62. The van der Waals surface area contributed by atoms with Crippen LogP contribution >= 0.6 is 0 Å². The molecule has 0 fully saturated rings. The molecule has 0 amide bonds. The van der Waals surface area contributed by atoms with Crippen LogP contribution in [-0.2, 0) is 6.42 Å². The van der Waals surface area contributed by atoms with E-state index in [1.807, 2.05) is 0 Å². The van der Waals surface area contributed by atoms with Crippen molar-refractivity contribution in [3.63, 3.8) is 0 Å². The van der Waals surface area contributed by atoms with Gasteiger partial charge in [-0.15, -0.1) is 0 Å². The molecule has 1 aliphatic heterocycles. The van der Waals surface area contributed by atoms with Crippen LogP contribution in [0.15, 0.2) is 24.3 Å². The predicted molar refractivity (Wildman–Crippen MR) is 85.3 cm³/mol. The standard InChI is InChI=1S/C18H29NO/c1-5-18(4,13-19-12-14(2)3)11-16-10-15-8-6-7-9-17(15)20-16/h6-9,14,16,19H,5,10-13H2,1-4H3. The monoisotopic (exact) mass is 275 g/mol. The van der Waals surface area contributed by atoms with E-state index in [0.717, 1.165) is 31.7 Å². The Morgan fingerprint density at radius 1 is 1.35 bits per heavy atom. The number of fused-ring (bicyclic) bond motifs is 1. The molecule has 0 spiro atoms. The predicted octanol–water partition coefficient (Wildman–Crippen LogP) is 4.04. The molecule has 1 N–H and O–H groups in total. The molecule has 0 aliphatic carbocycles. The highest BCUT2D eigenvalue weighted by molar-refractivity contribution is 5.37. The Kier molecular flexibility index (Phi) is 5.09. The second kappa shape index (κ2) is 6.62. The molecular formula is C18H29NO. The first-order chi connectivity index (χ1) is 9.52. The van der Waals surface area contributed by atoms with Gasteiger partial charge in [0.05, 0.1) is 0 Å². The van der Waals surface area contributed by atoms with E-state index in [1.54, 1.807) is 0 Å². The van der Waals surface area contributed by atoms with Crippen molar-refractivity contribution in [1.29, 1.82) is 0 Å². The summed E-state index contributed by atoms with van der Waals surface area (Å²) >= 11 is 0. The molecule has 20 heavy (non-hydrogen) atoms. The topological polar surface area (TPSA) is 21.3 Å². The minimum absolute atomic E-state index is 0.321. The first kappa shape index (κ1) is 15.4. The number of rotatable bonds is 7. The maximum Gasteiger partial charge on any atom is 0.123 e. The van der Waals surface area contributed by atoms with Gasteiger partial charge in [-0.3, -0.25) is 0 Å². The van der Waals surface area contributed by atoms with Crippen LogP contribution in [0.2, 0.25) is 0 Å². The van der Waals surface area contributed by atoms with E-state index >= 15 is 0 Å². The first-order valence-corrected chi connectivity index (χ1v) is 7.98.